The largest absolute Gasteiger partial charge is 0.356 e. The van der Waals surface area contributed by atoms with Crippen LogP contribution in [0.25, 0.3) is 0 Å². The smallest absolute Gasteiger partial charge is 0.242 e. The molecule has 1 rings (SSSR count). The number of benzene rings is 1. The van der Waals surface area contributed by atoms with Crippen LogP contribution in [-0.4, -0.2) is 46.4 Å². The molecule has 0 amide bonds. The molecule has 1 aromatic carbocycles. The molecule has 0 bridgehead atoms. The Bertz CT molecular complexity index is 616. The third kappa shape index (κ3) is 6.64. The zero-order chi connectivity index (χ0) is 16.8. The van der Waals surface area contributed by atoms with Gasteiger partial charge in [-0.3, -0.25) is 4.99 Å². The van der Waals surface area contributed by atoms with E-state index in [1.807, 2.05) is 6.07 Å². The van der Waals surface area contributed by atoms with Crippen molar-refractivity contribution < 1.29 is 8.42 Å². The van der Waals surface area contributed by atoms with Crippen molar-refractivity contribution in [1.29, 1.82) is 0 Å². The van der Waals surface area contributed by atoms with Gasteiger partial charge in [-0.05, 0) is 17.5 Å². The first-order chi connectivity index (χ1) is 10.3. The molecular weight excluding hydrogens is 427 g/mol. The quantitative estimate of drug-likeness (QED) is 0.391. The van der Waals surface area contributed by atoms with Crippen LogP contribution in [0.3, 0.4) is 0 Å². The Morgan fingerprint density at radius 2 is 1.83 bits per heavy atom. The summed E-state index contributed by atoms with van der Waals surface area (Å²) in [5.41, 5.74) is 0.712. The van der Waals surface area contributed by atoms with Crippen LogP contribution in [-0.2, 0) is 16.6 Å². The van der Waals surface area contributed by atoms with Crippen molar-refractivity contribution in [1.82, 2.24) is 14.9 Å². The minimum Gasteiger partial charge on any atom is -0.356 e. The van der Waals surface area contributed by atoms with Gasteiger partial charge in [-0.25, -0.2) is 12.7 Å². The number of hydrogen-bond acceptors (Lipinski definition) is 3. The molecule has 0 aliphatic heterocycles. The predicted molar refractivity (Wildman–Crippen MR) is 106 cm³/mol. The Balaban J connectivity index is 0.00000484. The summed E-state index contributed by atoms with van der Waals surface area (Å²) in [4.78, 5) is 4.45. The average Bonchev–Trinajstić information content (AvgIpc) is 2.47. The Morgan fingerprint density at radius 3 is 2.35 bits per heavy atom. The van der Waals surface area contributed by atoms with E-state index in [-0.39, 0.29) is 24.0 Å². The fraction of sp³-hybridized carbons (Fsp3) is 0.533. The maximum absolute atomic E-state index is 12.3. The molecule has 0 spiro atoms. The van der Waals surface area contributed by atoms with Gasteiger partial charge in [0.2, 0.25) is 10.0 Å². The zero-order valence-electron chi connectivity index (χ0n) is 14.3. The lowest BCUT2D eigenvalue weighted by Gasteiger charge is -2.17. The van der Waals surface area contributed by atoms with Crippen LogP contribution in [0.1, 0.15) is 19.4 Å². The maximum atomic E-state index is 12.3. The first-order valence-electron chi connectivity index (χ1n) is 7.24. The van der Waals surface area contributed by atoms with E-state index < -0.39 is 10.0 Å². The van der Waals surface area contributed by atoms with Gasteiger partial charge in [-0.15, -0.1) is 24.0 Å². The van der Waals surface area contributed by atoms with Gasteiger partial charge in [0.15, 0.2) is 5.96 Å². The molecule has 1 aromatic rings. The summed E-state index contributed by atoms with van der Waals surface area (Å²) in [6.45, 7) is 5.41. The van der Waals surface area contributed by atoms with E-state index in [2.05, 4.69) is 29.5 Å². The molecule has 0 aliphatic rings. The first kappa shape index (κ1) is 22.1. The molecule has 0 atom stereocenters. The van der Waals surface area contributed by atoms with E-state index in [0.717, 1.165) is 6.54 Å². The summed E-state index contributed by atoms with van der Waals surface area (Å²) >= 11 is 0. The van der Waals surface area contributed by atoms with Crippen molar-refractivity contribution in [2.75, 3.05) is 27.7 Å². The molecule has 0 radical (unpaired) electrons. The molecule has 0 aromatic heterocycles. The van der Waals surface area contributed by atoms with Gasteiger partial charge in [-0.2, -0.15) is 0 Å². The van der Waals surface area contributed by atoms with E-state index in [1.165, 1.54) is 18.4 Å². The fourth-order valence-electron chi connectivity index (χ4n) is 1.80. The van der Waals surface area contributed by atoms with E-state index in [9.17, 15) is 8.42 Å². The number of nitrogens with one attached hydrogen (secondary N) is 2. The molecule has 2 N–H and O–H groups in total. The molecule has 6 nitrogen and oxygen atoms in total. The zero-order valence-corrected chi connectivity index (χ0v) is 17.5. The third-order valence-corrected chi connectivity index (χ3v) is 4.99. The Hall–Kier alpha value is -0.870. The molecule has 0 aliphatic carbocycles. The highest BCUT2D eigenvalue weighted by molar-refractivity contribution is 14.0. The summed E-state index contributed by atoms with van der Waals surface area (Å²) in [5, 5.41) is 6.35. The van der Waals surface area contributed by atoms with Crippen LogP contribution in [0.5, 0.6) is 0 Å². The van der Waals surface area contributed by atoms with Crippen LogP contribution < -0.4 is 10.6 Å². The van der Waals surface area contributed by atoms with Gasteiger partial charge in [0, 0.05) is 34.2 Å². The molecule has 132 valence electrons. The minimum atomic E-state index is -3.45. The summed E-state index contributed by atoms with van der Waals surface area (Å²) < 4.78 is 25.9. The molecule has 0 heterocycles. The number of hydrogen-bond donors (Lipinski definition) is 2. The second kappa shape index (κ2) is 10.1. The van der Waals surface area contributed by atoms with Crippen LogP contribution >= 0.6 is 24.0 Å². The van der Waals surface area contributed by atoms with Crippen molar-refractivity contribution in [3.63, 3.8) is 0 Å². The monoisotopic (exact) mass is 454 g/mol. The molecule has 23 heavy (non-hydrogen) atoms. The van der Waals surface area contributed by atoms with Crippen molar-refractivity contribution in [3.8, 4) is 0 Å². The molecule has 0 fully saturated rings. The van der Waals surface area contributed by atoms with Crippen LogP contribution in [0.2, 0.25) is 0 Å². The lowest BCUT2D eigenvalue weighted by atomic mass is 10.2. The van der Waals surface area contributed by atoms with Crippen LogP contribution in [0, 0.1) is 5.92 Å². The number of nitrogens with zero attached hydrogens (tertiary/aromatic N) is 2. The highest BCUT2D eigenvalue weighted by Gasteiger charge is 2.20. The molecular formula is C15H27IN4O2S. The minimum absolute atomic E-state index is 0. The number of guanidine groups is 1. The van der Waals surface area contributed by atoms with Gasteiger partial charge in [-0.1, -0.05) is 32.0 Å². The summed E-state index contributed by atoms with van der Waals surface area (Å²) in [6, 6.07) is 6.98. The third-order valence-electron chi connectivity index (χ3n) is 3.08. The standard InChI is InChI=1S/C15H26N4O2S.HI/c1-12(2)10-17-15(16-3)18-11-13-8-6-7-9-14(13)22(20,21)19(4)5;/h6-9,12H,10-11H2,1-5H3,(H2,16,17,18);1H. The molecule has 0 saturated carbocycles. The SMILES string of the molecule is CN=C(NCc1ccccc1S(=O)(=O)N(C)C)NCC(C)C.I. The highest BCUT2D eigenvalue weighted by atomic mass is 127. The fourth-order valence-corrected chi connectivity index (χ4v) is 2.91. The van der Waals surface area contributed by atoms with E-state index in [0.29, 0.717) is 28.9 Å². The van der Waals surface area contributed by atoms with Gasteiger partial charge in [0.05, 0.1) is 4.90 Å². The maximum Gasteiger partial charge on any atom is 0.242 e. The normalized spacial score (nSPS) is 12.2. The lowest BCUT2D eigenvalue weighted by Crippen LogP contribution is -2.39. The average molecular weight is 454 g/mol. The topological polar surface area (TPSA) is 73.8 Å². The summed E-state index contributed by atoms with van der Waals surface area (Å²) in [7, 11) is 1.30. The van der Waals surface area contributed by atoms with Gasteiger partial charge in [0.1, 0.15) is 0 Å². The second-order valence-electron chi connectivity index (χ2n) is 5.60. The van der Waals surface area contributed by atoms with Gasteiger partial charge < -0.3 is 10.6 Å². The second-order valence-corrected chi connectivity index (χ2v) is 7.72. The van der Waals surface area contributed by atoms with Gasteiger partial charge in [0.25, 0.3) is 0 Å². The number of aliphatic imine (C=N–C) groups is 1. The van der Waals surface area contributed by atoms with Crippen molar-refractivity contribution in [2.24, 2.45) is 10.9 Å². The molecule has 0 saturated heterocycles. The highest BCUT2D eigenvalue weighted by Crippen LogP contribution is 2.18. The summed E-state index contributed by atoms with van der Waals surface area (Å²) in [6.07, 6.45) is 0. The Kier molecular flexibility index (Phi) is 9.71. The number of sulfonamides is 1. The van der Waals surface area contributed by atoms with E-state index >= 15 is 0 Å². The van der Waals surface area contributed by atoms with E-state index in [1.54, 1.807) is 25.2 Å². The molecule has 8 heteroatoms. The Morgan fingerprint density at radius 1 is 1.22 bits per heavy atom. The first-order valence-corrected chi connectivity index (χ1v) is 8.68. The molecule has 0 unspecified atom stereocenters. The summed E-state index contributed by atoms with van der Waals surface area (Å²) in [5.74, 6) is 1.16. The van der Waals surface area contributed by atoms with Crippen LogP contribution in [0.15, 0.2) is 34.2 Å². The Labute approximate surface area is 156 Å². The lowest BCUT2D eigenvalue weighted by molar-refractivity contribution is 0.519. The van der Waals surface area contributed by atoms with E-state index in [4.69, 9.17) is 0 Å². The number of halogens is 1. The van der Waals surface area contributed by atoms with Crippen molar-refractivity contribution in [3.05, 3.63) is 29.8 Å². The van der Waals surface area contributed by atoms with Gasteiger partial charge >= 0.3 is 0 Å². The van der Waals surface area contributed by atoms with Crippen LogP contribution in [0.4, 0.5) is 0 Å². The number of rotatable bonds is 6. The van der Waals surface area contributed by atoms with Crippen molar-refractivity contribution in [2.45, 2.75) is 25.3 Å². The predicted octanol–water partition coefficient (Wildman–Crippen LogP) is 1.88. The van der Waals surface area contributed by atoms with Crippen molar-refractivity contribution >= 4 is 40.0 Å².